The zero-order chi connectivity index (χ0) is 97.0. The van der Waals surface area contributed by atoms with Crippen molar-refractivity contribution in [1.82, 2.24) is 97.6 Å². The fraction of sp³-hybridized carbons (Fsp3) is 0.528. The zero-order valence-electron chi connectivity index (χ0n) is 75.6. The van der Waals surface area contributed by atoms with Crippen LogP contribution >= 0.6 is 11.8 Å². The number of methoxy groups -OCH3 is 1. The summed E-state index contributed by atoms with van der Waals surface area (Å²) in [4.78, 5) is 268. The molecule has 43 nitrogen and oxygen atoms in total. The SMILES string of the molecule is CCCC[C@H]1C(=O)N(C)[C@@H](CCOC)C(=O)N[C@@H](CC(C)C)C(=O)N[C@H](C(=O)NCC(N)=O)CSCC(=O)N[C@@H](Cc2ccc(O)cc2)C(=O)N(C)[C@@H](C)C(=O)N[C@@H](CCN)C(=O)N2CCC[C@H]2C(=O)N[C@@H](Cc2c[nH]cn2)C(=O)N[C@@H](CCC(=O)O)C(=O)N2C[C@H](O)C[C@H]2C(=O)N[C@@H](Cc2c[nH]c3ccccc23)C(=O)N[C@@H](CO)C(=O)N[C@@H](Cc2c[nH]c3ccccc23)C(=O)N1C. The van der Waals surface area contributed by atoms with E-state index >= 15 is 38.4 Å². The van der Waals surface area contributed by atoms with Gasteiger partial charge in [0.05, 0.1) is 37.0 Å². The van der Waals surface area contributed by atoms with Crippen molar-refractivity contribution in [2.24, 2.45) is 17.4 Å². The maximum atomic E-state index is 15.7. The summed E-state index contributed by atoms with van der Waals surface area (Å²) in [5.74, 6) is -17.9. The topological polar surface area (TPSA) is 629 Å². The molecule has 15 atom stereocenters. The van der Waals surface area contributed by atoms with E-state index in [1.54, 1.807) is 74.8 Å². The molecule has 6 aromatic rings. The van der Waals surface area contributed by atoms with E-state index in [-0.39, 0.29) is 101 Å². The highest BCUT2D eigenvalue weighted by atomic mass is 32.2. The number of amides is 16. The first-order valence-electron chi connectivity index (χ1n) is 44.3. The van der Waals surface area contributed by atoms with Crippen LogP contribution in [0.2, 0.25) is 0 Å². The number of aliphatic hydroxyl groups excluding tert-OH is 2. The number of carboxylic acid groups (broad SMARTS) is 1. The number of hydrogen-bond donors (Lipinski definition) is 19. The number of nitrogens with zero attached hydrogens (tertiary/aromatic N) is 6. The first kappa shape index (κ1) is 104. The van der Waals surface area contributed by atoms with Crippen LogP contribution in [-0.2, 0) is 112 Å². The third-order valence-electron chi connectivity index (χ3n) is 23.8. The summed E-state index contributed by atoms with van der Waals surface area (Å²) < 4.78 is 5.45. The molecule has 722 valence electrons. The molecular formula is C89H123N21O22S. The quantitative estimate of drug-likeness (QED) is 0.0271. The van der Waals surface area contributed by atoms with Crippen molar-refractivity contribution in [2.75, 3.05) is 79.2 Å². The van der Waals surface area contributed by atoms with Gasteiger partial charge < -0.3 is 129 Å². The number of phenols is 1. The molecule has 0 radical (unpaired) electrons. The zero-order valence-corrected chi connectivity index (χ0v) is 76.4. The number of para-hydroxylation sites is 2. The Morgan fingerprint density at radius 3 is 1.74 bits per heavy atom. The number of aliphatic carboxylic acids is 1. The van der Waals surface area contributed by atoms with Crippen LogP contribution in [0.1, 0.15) is 121 Å². The summed E-state index contributed by atoms with van der Waals surface area (Å²) in [7, 11) is 5.25. The van der Waals surface area contributed by atoms with Gasteiger partial charge in [0.25, 0.3) is 0 Å². The van der Waals surface area contributed by atoms with Crippen molar-refractivity contribution in [3.8, 4) is 5.75 Å². The van der Waals surface area contributed by atoms with Crippen LogP contribution in [0.4, 0.5) is 0 Å². The number of ether oxygens (including phenoxy) is 1. The number of likely N-dealkylation sites (N-methyl/N-ethyl adjacent to an activating group) is 3. The van der Waals surface area contributed by atoms with Gasteiger partial charge in [-0.3, -0.25) is 81.5 Å². The minimum Gasteiger partial charge on any atom is -0.508 e. The number of primary amides is 1. The van der Waals surface area contributed by atoms with Crippen LogP contribution in [0.3, 0.4) is 0 Å². The largest absolute Gasteiger partial charge is 0.508 e. The molecule has 0 aliphatic carbocycles. The molecule has 3 saturated heterocycles. The van der Waals surface area contributed by atoms with Crippen molar-refractivity contribution in [2.45, 2.75) is 215 Å². The molecule has 3 aliphatic heterocycles. The second-order valence-electron chi connectivity index (χ2n) is 34.0. The van der Waals surface area contributed by atoms with E-state index in [4.69, 9.17) is 16.2 Å². The lowest BCUT2D eigenvalue weighted by atomic mass is 10.00. The first-order valence-corrected chi connectivity index (χ1v) is 45.4. The average Bonchev–Trinajstić information content (AvgIpc) is 1.72. The fourth-order valence-corrected chi connectivity index (χ4v) is 17.2. The number of aromatic amines is 3. The van der Waals surface area contributed by atoms with Gasteiger partial charge in [-0.2, -0.15) is 0 Å². The number of carboxylic acids is 1. The molecule has 0 spiro atoms. The van der Waals surface area contributed by atoms with Crippen LogP contribution in [-0.4, -0.2) is 335 Å². The lowest BCUT2D eigenvalue weighted by Gasteiger charge is -2.36. The summed E-state index contributed by atoms with van der Waals surface area (Å²) in [6.07, 6.45) is 1.77. The van der Waals surface area contributed by atoms with Crippen LogP contribution < -0.4 is 64.6 Å². The van der Waals surface area contributed by atoms with Gasteiger partial charge in [-0.25, -0.2) is 4.98 Å². The van der Waals surface area contributed by atoms with Crippen molar-refractivity contribution in [1.29, 1.82) is 0 Å². The number of aliphatic hydroxyl groups is 2. The molecule has 9 rings (SSSR count). The van der Waals surface area contributed by atoms with Crippen molar-refractivity contribution >= 4 is 134 Å². The van der Waals surface area contributed by atoms with Gasteiger partial charge in [0.2, 0.25) is 94.5 Å². The third-order valence-corrected chi connectivity index (χ3v) is 24.8. The molecule has 0 unspecified atom stereocenters. The molecule has 44 heteroatoms. The van der Waals surface area contributed by atoms with Crippen molar-refractivity contribution in [3.63, 3.8) is 0 Å². The second kappa shape index (κ2) is 49.4. The molecule has 3 fully saturated rings. The minimum absolute atomic E-state index is 0.0102. The predicted octanol–water partition coefficient (Wildman–Crippen LogP) is -3.01. The van der Waals surface area contributed by atoms with Crippen LogP contribution in [0.15, 0.2) is 97.7 Å². The van der Waals surface area contributed by atoms with Crippen LogP contribution in [0, 0.1) is 5.92 Å². The second-order valence-corrected chi connectivity index (χ2v) is 35.0. The Labute approximate surface area is 771 Å². The number of H-pyrrole nitrogens is 3. The highest BCUT2D eigenvalue weighted by Gasteiger charge is 2.47. The molecule has 0 saturated carbocycles. The minimum atomic E-state index is -1.92. The number of rotatable bonds is 25. The van der Waals surface area contributed by atoms with E-state index in [1.807, 2.05) is 6.92 Å². The van der Waals surface area contributed by atoms with Crippen molar-refractivity contribution < 1.29 is 107 Å². The molecule has 16 amide bonds. The number of nitrogens with one attached hydrogen (secondary N) is 13. The number of thioether (sulfide) groups is 1. The van der Waals surface area contributed by atoms with Gasteiger partial charge in [0.1, 0.15) is 90.3 Å². The maximum Gasteiger partial charge on any atom is 0.303 e. The van der Waals surface area contributed by atoms with E-state index in [0.717, 1.165) is 31.4 Å². The van der Waals surface area contributed by atoms with E-state index in [1.165, 1.54) is 76.9 Å². The standard InChI is InChI=1S/C89H123N21O22S/c1-9-10-20-71-89(131)107(6)69(29-32-132-8)82(124)100-62(33-48(2)3)78(120)105-68(77(119)95-42-73(91)114)45-133-46-74(115)97-65(34-50-22-24-54(112)25-23-50)85(127)106(5)49(4)76(118)98-61(28-30-90)87(129)109-31-15-21-70(109)83(125)102-64(37-53-41-92-47-96-53)80(122)99-60(26-27-75(116)117)88(130)110-43-55(113)38-72(110)84(126)101-63(35-51-39-93-58-18-13-11-16-56(51)58)79(121)104-67(44-111)81(123)103-66(86(128)108(71)7)36-52-40-94-59-19-14-12-17-57(52)59/h11-14,16-19,22-25,39-41,47-49,55,60-72,93-94,111-113H,9-10,15,20-21,26-38,42-46,90H2,1-8H3,(H2,91,114)(H,92,96)(H,95,119)(H,97,115)(H,98,118)(H,99,122)(H,100,124)(H,101,126)(H,102,125)(H,103,123)(H,104,121)(H,105,120)(H,116,117)/t49-,55+,60-,61-,62-,63-,64-,65-,66-,67-,68-,69-,70-,71-,72-/m0/s1. The number of phenolic OH excluding ortho intramolecular Hbond substituents is 1. The molecule has 21 N–H and O–H groups in total. The Balaban J connectivity index is 1.09. The molecule has 3 aromatic heterocycles. The molecule has 3 aromatic carbocycles. The maximum absolute atomic E-state index is 15.7. The van der Waals surface area contributed by atoms with E-state index in [2.05, 4.69) is 73.1 Å². The summed E-state index contributed by atoms with van der Waals surface area (Å²) in [6, 6.07) is -2.39. The number of carbonyl (C=O) groups excluding carboxylic acids is 16. The molecular weight excluding hydrogens is 1750 g/mol. The number of unbranched alkanes of at least 4 members (excludes halogenated alkanes) is 1. The third kappa shape index (κ3) is 28.5. The van der Waals surface area contributed by atoms with Crippen molar-refractivity contribution in [3.05, 3.63) is 120 Å². The number of aromatic hydroxyl groups is 1. The normalized spacial score (nSPS) is 25.0. The number of benzene rings is 3. The van der Waals surface area contributed by atoms with Gasteiger partial charge in [-0.15, -0.1) is 11.8 Å². The van der Waals surface area contributed by atoms with Gasteiger partial charge in [0.15, 0.2) is 0 Å². The van der Waals surface area contributed by atoms with Crippen LogP contribution in [0.5, 0.6) is 5.75 Å². The lowest BCUT2D eigenvalue weighted by Crippen LogP contribution is -2.62. The number of nitrogens with two attached hydrogens (primary N) is 2. The number of hydrogen-bond acceptors (Lipinski definition) is 24. The van der Waals surface area contributed by atoms with Gasteiger partial charge in [0, 0.05) is 139 Å². The monoisotopic (exact) mass is 1870 g/mol. The van der Waals surface area contributed by atoms with E-state index in [9.17, 15) is 63.6 Å². The summed E-state index contributed by atoms with van der Waals surface area (Å²) >= 11 is 0.794. The first-order chi connectivity index (χ1) is 63.4. The predicted molar refractivity (Wildman–Crippen MR) is 484 cm³/mol. The van der Waals surface area contributed by atoms with Gasteiger partial charge in [-0.1, -0.05) is 82.1 Å². The fourth-order valence-electron chi connectivity index (χ4n) is 16.4. The van der Waals surface area contributed by atoms with Gasteiger partial charge >= 0.3 is 5.97 Å². The van der Waals surface area contributed by atoms with E-state index in [0.29, 0.717) is 51.3 Å². The lowest BCUT2D eigenvalue weighted by molar-refractivity contribution is -0.149. The highest BCUT2D eigenvalue weighted by Crippen LogP contribution is 2.28. The Morgan fingerprint density at radius 1 is 0.594 bits per heavy atom. The summed E-state index contributed by atoms with van der Waals surface area (Å²) in [5.41, 5.74) is 14.3. The smallest absolute Gasteiger partial charge is 0.303 e. The van der Waals surface area contributed by atoms with Gasteiger partial charge in [-0.05, 0) is 98.9 Å². The van der Waals surface area contributed by atoms with E-state index < -0.39 is 242 Å². The summed E-state index contributed by atoms with van der Waals surface area (Å²) in [5, 5.41) is 70.4. The average molecular weight is 1870 g/mol. The molecule has 6 heterocycles. The number of carbonyl (C=O) groups is 17. The number of aromatic nitrogens is 4. The Bertz CT molecular complexity index is 5110. The highest BCUT2D eigenvalue weighted by molar-refractivity contribution is 8.00. The Kier molecular flexibility index (Phi) is 38.5. The number of imidazole rings is 1. The molecule has 3 aliphatic rings. The number of fused-ring (bicyclic) bond motifs is 4. The van der Waals surface area contributed by atoms with Crippen LogP contribution in [0.25, 0.3) is 21.8 Å². The Hall–Kier alpha value is -13.1. The molecule has 133 heavy (non-hydrogen) atoms. The summed E-state index contributed by atoms with van der Waals surface area (Å²) in [6.45, 7) is 3.84. The molecule has 0 bridgehead atoms. The Morgan fingerprint density at radius 2 is 1.14 bits per heavy atom.